The van der Waals surface area contributed by atoms with E-state index in [9.17, 15) is 0 Å². The number of hydrogen-bond acceptors (Lipinski definition) is 4. The van der Waals surface area contributed by atoms with E-state index in [1.807, 2.05) is 0 Å². The zero-order chi connectivity index (χ0) is 15.1. The fourth-order valence-corrected chi connectivity index (χ4v) is 2.45. The van der Waals surface area contributed by atoms with E-state index >= 15 is 0 Å². The number of nitrogens with zero attached hydrogens (tertiary/aromatic N) is 3. The number of nitrogens with one attached hydrogen (secondary N) is 1. The van der Waals surface area contributed by atoms with Crippen molar-refractivity contribution in [2.45, 2.75) is 13.0 Å². The Balaban J connectivity index is 1.87. The van der Waals surface area contributed by atoms with E-state index in [2.05, 4.69) is 63.9 Å². The monoisotopic (exact) mass is 305 g/mol. The summed E-state index contributed by atoms with van der Waals surface area (Å²) in [5.41, 5.74) is 10.2. The lowest BCUT2D eigenvalue weighted by Gasteiger charge is -2.20. The first-order chi connectivity index (χ1) is 10.1. The number of rotatable bonds is 4. The van der Waals surface area contributed by atoms with Crippen molar-refractivity contribution in [3.8, 4) is 0 Å². The summed E-state index contributed by atoms with van der Waals surface area (Å²) in [5.74, 6) is 0. The minimum Gasteiger partial charge on any atom is -0.375 e. The molecule has 0 atom stereocenters. The highest BCUT2D eigenvalue weighted by molar-refractivity contribution is 7.80. The molecular formula is C15H23N5S. The molecule has 1 aromatic carbocycles. The van der Waals surface area contributed by atoms with E-state index in [4.69, 9.17) is 5.73 Å². The Bertz CT molecular complexity index is 485. The number of hydrazone groups is 1. The molecule has 3 N–H and O–H groups in total. The zero-order valence-corrected chi connectivity index (χ0v) is 13.3. The number of nitrogens with two attached hydrogens (primary N) is 1. The second-order valence-electron chi connectivity index (χ2n) is 5.41. The van der Waals surface area contributed by atoms with Gasteiger partial charge in [0.05, 0.1) is 6.21 Å². The van der Waals surface area contributed by atoms with Gasteiger partial charge in [0.15, 0.2) is 5.11 Å². The molecule has 0 aliphatic carbocycles. The van der Waals surface area contributed by atoms with Crippen LogP contribution in [-0.4, -0.2) is 54.4 Å². The van der Waals surface area contributed by atoms with Gasteiger partial charge >= 0.3 is 0 Å². The minimum absolute atomic E-state index is 0.175. The molecule has 6 heteroatoms. The molecular weight excluding hydrogens is 282 g/mol. The number of likely N-dealkylation sites (N-methyl/N-ethyl adjacent to an activating group) is 1. The van der Waals surface area contributed by atoms with Crippen LogP contribution >= 0.6 is 12.2 Å². The fourth-order valence-electron chi connectivity index (χ4n) is 2.40. The third-order valence-corrected chi connectivity index (χ3v) is 3.68. The summed E-state index contributed by atoms with van der Waals surface area (Å²) >= 11 is 4.69. The molecule has 21 heavy (non-hydrogen) atoms. The summed E-state index contributed by atoms with van der Waals surface area (Å²) in [6.45, 7) is 5.66. The average molecular weight is 305 g/mol. The third-order valence-electron chi connectivity index (χ3n) is 3.59. The number of thiocarbonyl (C=S) groups is 1. The van der Waals surface area contributed by atoms with Gasteiger partial charge in [-0.05, 0) is 49.9 Å². The molecule has 1 saturated heterocycles. The van der Waals surface area contributed by atoms with Crippen LogP contribution in [0.25, 0.3) is 0 Å². The number of benzene rings is 1. The molecule has 0 radical (unpaired) electrons. The van der Waals surface area contributed by atoms with Gasteiger partial charge in [0, 0.05) is 19.6 Å². The van der Waals surface area contributed by atoms with Gasteiger partial charge in [0.25, 0.3) is 0 Å². The molecule has 2 rings (SSSR count). The van der Waals surface area contributed by atoms with Crippen molar-refractivity contribution >= 4 is 23.5 Å². The van der Waals surface area contributed by atoms with Gasteiger partial charge in [0.2, 0.25) is 0 Å². The van der Waals surface area contributed by atoms with Gasteiger partial charge in [0.1, 0.15) is 0 Å². The number of hydrogen-bond donors (Lipinski definition) is 2. The maximum absolute atomic E-state index is 5.30. The van der Waals surface area contributed by atoms with Gasteiger partial charge in [-0.1, -0.05) is 24.3 Å². The first kappa shape index (κ1) is 15.9. The summed E-state index contributed by atoms with van der Waals surface area (Å²) in [7, 11) is 2.19. The third kappa shape index (κ3) is 5.79. The molecule has 0 aromatic heterocycles. The van der Waals surface area contributed by atoms with Crippen LogP contribution < -0.4 is 11.2 Å². The molecule has 1 aliphatic rings. The van der Waals surface area contributed by atoms with Crippen molar-refractivity contribution in [3.05, 3.63) is 35.4 Å². The molecule has 0 unspecified atom stereocenters. The van der Waals surface area contributed by atoms with E-state index in [1.165, 1.54) is 25.1 Å². The van der Waals surface area contributed by atoms with Crippen molar-refractivity contribution in [1.29, 1.82) is 0 Å². The van der Waals surface area contributed by atoms with Crippen LogP contribution in [0.2, 0.25) is 0 Å². The molecule has 1 fully saturated rings. The van der Waals surface area contributed by atoms with Gasteiger partial charge in [-0.3, -0.25) is 10.3 Å². The lowest BCUT2D eigenvalue weighted by molar-refractivity contribution is 0.269. The van der Waals surface area contributed by atoms with Crippen LogP contribution in [0.15, 0.2) is 29.4 Å². The molecule has 1 aromatic rings. The van der Waals surface area contributed by atoms with Crippen molar-refractivity contribution in [2.24, 2.45) is 10.8 Å². The molecule has 0 spiro atoms. The zero-order valence-electron chi connectivity index (χ0n) is 12.5. The molecule has 114 valence electrons. The average Bonchev–Trinajstić information content (AvgIpc) is 2.65. The maximum Gasteiger partial charge on any atom is 0.184 e. The van der Waals surface area contributed by atoms with Gasteiger partial charge in [-0.25, -0.2) is 0 Å². The highest BCUT2D eigenvalue weighted by atomic mass is 32.1. The minimum atomic E-state index is 0.175. The van der Waals surface area contributed by atoms with E-state index in [1.54, 1.807) is 6.21 Å². The Kier molecular flexibility index (Phi) is 6.10. The predicted molar refractivity (Wildman–Crippen MR) is 91.3 cm³/mol. The topological polar surface area (TPSA) is 56.9 Å². The van der Waals surface area contributed by atoms with Crippen LogP contribution in [0.3, 0.4) is 0 Å². The van der Waals surface area contributed by atoms with Crippen molar-refractivity contribution in [2.75, 3.05) is 33.2 Å². The Labute approximate surface area is 131 Å². The largest absolute Gasteiger partial charge is 0.375 e. The van der Waals surface area contributed by atoms with Crippen molar-refractivity contribution in [1.82, 2.24) is 15.2 Å². The molecule has 5 nitrogen and oxygen atoms in total. The quantitative estimate of drug-likeness (QED) is 0.494. The van der Waals surface area contributed by atoms with E-state index < -0.39 is 0 Å². The SMILES string of the molecule is CN1CCCN(Cc2ccc(C=NNC(N)=S)cc2)CC1. The van der Waals surface area contributed by atoms with Crippen molar-refractivity contribution < 1.29 is 0 Å². The molecule has 0 saturated carbocycles. The van der Waals surface area contributed by atoms with Gasteiger partial charge in [-0.15, -0.1) is 0 Å². The van der Waals surface area contributed by atoms with Crippen LogP contribution in [-0.2, 0) is 6.54 Å². The first-order valence-electron chi connectivity index (χ1n) is 7.22. The second-order valence-corrected chi connectivity index (χ2v) is 5.85. The van der Waals surface area contributed by atoms with Crippen LogP contribution in [0.4, 0.5) is 0 Å². The summed E-state index contributed by atoms with van der Waals surface area (Å²) < 4.78 is 0. The Morgan fingerprint density at radius 2 is 2.05 bits per heavy atom. The maximum atomic E-state index is 5.30. The molecule has 1 heterocycles. The van der Waals surface area contributed by atoms with E-state index in [-0.39, 0.29) is 5.11 Å². The summed E-state index contributed by atoms with van der Waals surface area (Å²) in [4.78, 5) is 4.91. The highest BCUT2D eigenvalue weighted by Gasteiger charge is 2.11. The lowest BCUT2D eigenvalue weighted by Crippen LogP contribution is -2.28. The highest BCUT2D eigenvalue weighted by Crippen LogP contribution is 2.09. The summed E-state index contributed by atoms with van der Waals surface area (Å²) in [6, 6.07) is 8.42. The standard InChI is InChI=1S/C15H23N5S/c1-19-7-2-8-20(10-9-19)12-14-5-3-13(4-6-14)11-17-18-15(16)21/h3-6,11H,2,7-10,12H2,1H3,(H3,16,18,21). The van der Waals surface area contributed by atoms with Crippen LogP contribution in [0.5, 0.6) is 0 Å². The van der Waals surface area contributed by atoms with Crippen LogP contribution in [0.1, 0.15) is 17.5 Å². The van der Waals surface area contributed by atoms with E-state index in [0.29, 0.717) is 0 Å². The summed E-state index contributed by atoms with van der Waals surface area (Å²) in [6.07, 6.45) is 2.95. The van der Waals surface area contributed by atoms with Crippen molar-refractivity contribution in [3.63, 3.8) is 0 Å². The molecule has 1 aliphatic heterocycles. The van der Waals surface area contributed by atoms with Gasteiger partial charge < -0.3 is 10.6 Å². The first-order valence-corrected chi connectivity index (χ1v) is 7.62. The Morgan fingerprint density at radius 1 is 1.29 bits per heavy atom. The normalized spacial score (nSPS) is 17.8. The van der Waals surface area contributed by atoms with Crippen LogP contribution in [0, 0.1) is 0 Å². The summed E-state index contributed by atoms with van der Waals surface area (Å²) in [5, 5.41) is 4.13. The Hall–Kier alpha value is -1.50. The molecule has 0 bridgehead atoms. The molecule has 0 amide bonds. The van der Waals surface area contributed by atoms with Gasteiger partial charge in [-0.2, -0.15) is 5.10 Å². The second kappa shape index (κ2) is 8.07. The van der Waals surface area contributed by atoms with E-state index in [0.717, 1.165) is 25.2 Å². The Morgan fingerprint density at radius 3 is 2.76 bits per heavy atom. The fraction of sp³-hybridized carbons (Fsp3) is 0.467. The lowest BCUT2D eigenvalue weighted by atomic mass is 10.1. The predicted octanol–water partition coefficient (Wildman–Crippen LogP) is 0.991. The smallest absolute Gasteiger partial charge is 0.184 e.